The van der Waals surface area contributed by atoms with Gasteiger partial charge >= 0.3 is 0 Å². The Morgan fingerprint density at radius 1 is 1.64 bits per heavy atom. The largest absolute Gasteiger partial charge is 0.481 e. The number of hydrogen-bond donors (Lipinski definition) is 1. The molecule has 0 aliphatic heterocycles. The molecule has 0 aliphatic rings. The van der Waals surface area contributed by atoms with E-state index in [0.29, 0.717) is 5.15 Å². The number of carboxylic acid groups (broad SMARTS) is 1. The summed E-state index contributed by atoms with van der Waals surface area (Å²) in [7, 11) is 0. The molecule has 0 fully saturated rings. The van der Waals surface area contributed by atoms with Gasteiger partial charge in [-0.2, -0.15) is 0 Å². The van der Waals surface area contributed by atoms with E-state index in [1.807, 2.05) is 12.1 Å². The summed E-state index contributed by atoms with van der Waals surface area (Å²) in [5, 5.41) is 7.96. The SMILES string of the molecule is CC(=O)O.Clc1ccccn1. The first-order valence-corrected chi connectivity index (χ1v) is 3.27. The van der Waals surface area contributed by atoms with E-state index in [0.717, 1.165) is 6.92 Å². The Bertz CT molecular complexity index is 209. The Hall–Kier alpha value is -1.09. The average molecular weight is 174 g/mol. The summed E-state index contributed by atoms with van der Waals surface area (Å²) in [6.45, 7) is 1.08. The highest BCUT2D eigenvalue weighted by molar-refractivity contribution is 6.29. The van der Waals surface area contributed by atoms with E-state index in [-0.39, 0.29) is 0 Å². The summed E-state index contributed by atoms with van der Waals surface area (Å²) in [5.41, 5.74) is 0. The van der Waals surface area contributed by atoms with E-state index in [1.165, 1.54) is 0 Å². The maximum absolute atomic E-state index is 9.00. The van der Waals surface area contributed by atoms with Crippen molar-refractivity contribution in [2.24, 2.45) is 0 Å². The third-order valence-corrected chi connectivity index (χ3v) is 0.852. The van der Waals surface area contributed by atoms with Crippen molar-refractivity contribution in [3.05, 3.63) is 29.5 Å². The highest BCUT2D eigenvalue weighted by Gasteiger charge is 1.76. The molecule has 1 N–H and O–H groups in total. The molecule has 1 heterocycles. The molecule has 0 atom stereocenters. The van der Waals surface area contributed by atoms with E-state index in [9.17, 15) is 0 Å². The van der Waals surface area contributed by atoms with Crippen LogP contribution in [0.2, 0.25) is 5.15 Å². The molecule has 0 saturated carbocycles. The van der Waals surface area contributed by atoms with Crippen LogP contribution in [0.3, 0.4) is 0 Å². The molecule has 0 spiro atoms. The number of halogens is 1. The second-order valence-corrected chi connectivity index (χ2v) is 2.06. The Morgan fingerprint density at radius 2 is 2.18 bits per heavy atom. The third-order valence-electron chi connectivity index (χ3n) is 0.629. The molecule has 3 nitrogen and oxygen atoms in total. The van der Waals surface area contributed by atoms with Crippen molar-refractivity contribution in [2.75, 3.05) is 0 Å². The van der Waals surface area contributed by atoms with Crippen LogP contribution in [0.15, 0.2) is 24.4 Å². The first-order chi connectivity index (χ1) is 5.13. The van der Waals surface area contributed by atoms with Crippen LogP contribution in [-0.4, -0.2) is 16.1 Å². The predicted molar refractivity (Wildman–Crippen MR) is 42.6 cm³/mol. The van der Waals surface area contributed by atoms with Gasteiger partial charge in [-0.1, -0.05) is 17.7 Å². The molecule has 1 aromatic rings. The van der Waals surface area contributed by atoms with Crippen LogP contribution < -0.4 is 0 Å². The molecule has 0 aliphatic carbocycles. The second kappa shape index (κ2) is 5.68. The zero-order valence-electron chi connectivity index (χ0n) is 5.99. The zero-order chi connectivity index (χ0) is 8.69. The molecule has 0 unspecified atom stereocenters. The summed E-state index contributed by atoms with van der Waals surface area (Å²) in [4.78, 5) is 12.7. The molecule has 60 valence electrons. The molecular weight excluding hydrogens is 166 g/mol. The van der Waals surface area contributed by atoms with Gasteiger partial charge in [0.1, 0.15) is 5.15 Å². The highest BCUT2D eigenvalue weighted by Crippen LogP contribution is 1.98. The molecule has 0 radical (unpaired) electrons. The van der Waals surface area contributed by atoms with Crippen LogP contribution in [0.1, 0.15) is 6.92 Å². The van der Waals surface area contributed by atoms with E-state index in [1.54, 1.807) is 12.3 Å². The lowest BCUT2D eigenvalue weighted by Crippen LogP contribution is -1.78. The Labute approximate surface area is 69.6 Å². The first-order valence-electron chi connectivity index (χ1n) is 2.89. The van der Waals surface area contributed by atoms with E-state index in [2.05, 4.69) is 4.98 Å². The normalized spacial score (nSPS) is 7.82. The molecule has 1 aromatic heterocycles. The molecule has 0 saturated heterocycles. The lowest BCUT2D eigenvalue weighted by molar-refractivity contribution is -0.134. The van der Waals surface area contributed by atoms with Gasteiger partial charge < -0.3 is 5.11 Å². The smallest absolute Gasteiger partial charge is 0.300 e. The number of aromatic nitrogens is 1. The molecule has 1 rings (SSSR count). The number of carbonyl (C=O) groups is 1. The summed E-state index contributed by atoms with van der Waals surface area (Å²) in [6.07, 6.45) is 1.66. The van der Waals surface area contributed by atoms with E-state index >= 15 is 0 Å². The average Bonchev–Trinajstić information content (AvgIpc) is 1.87. The van der Waals surface area contributed by atoms with Gasteiger partial charge in [0.25, 0.3) is 5.97 Å². The number of rotatable bonds is 0. The lowest BCUT2D eigenvalue weighted by Gasteiger charge is -1.79. The second-order valence-electron chi connectivity index (χ2n) is 1.67. The number of carboxylic acids is 1. The van der Waals surface area contributed by atoms with Gasteiger partial charge in [0, 0.05) is 13.1 Å². The first kappa shape index (κ1) is 9.91. The molecular formula is C7H8ClNO2. The molecule has 0 amide bonds. The molecule has 0 bridgehead atoms. The standard InChI is InChI=1S/C5H4ClN.C2H4O2/c6-5-3-1-2-4-7-5;1-2(3)4/h1-4H;1H3,(H,3,4). The minimum atomic E-state index is -0.833. The number of hydrogen-bond acceptors (Lipinski definition) is 2. The maximum atomic E-state index is 9.00. The van der Waals surface area contributed by atoms with Gasteiger partial charge in [-0.05, 0) is 12.1 Å². The van der Waals surface area contributed by atoms with Crippen LogP contribution in [-0.2, 0) is 4.79 Å². The van der Waals surface area contributed by atoms with Gasteiger partial charge in [0.05, 0.1) is 0 Å². The molecule has 11 heavy (non-hydrogen) atoms. The van der Waals surface area contributed by atoms with E-state index in [4.69, 9.17) is 21.5 Å². The fraction of sp³-hybridized carbons (Fsp3) is 0.143. The summed E-state index contributed by atoms with van der Waals surface area (Å²) >= 11 is 5.43. The Kier molecular flexibility index (Phi) is 5.11. The number of aliphatic carboxylic acids is 1. The fourth-order valence-corrected chi connectivity index (χ4v) is 0.471. The van der Waals surface area contributed by atoms with Gasteiger partial charge in [0.15, 0.2) is 0 Å². The van der Waals surface area contributed by atoms with Gasteiger partial charge in [-0.15, -0.1) is 0 Å². The van der Waals surface area contributed by atoms with Crippen LogP contribution in [0, 0.1) is 0 Å². The lowest BCUT2D eigenvalue weighted by atomic mass is 10.5. The molecule has 4 heteroatoms. The Morgan fingerprint density at radius 3 is 2.36 bits per heavy atom. The van der Waals surface area contributed by atoms with Gasteiger partial charge in [-0.25, -0.2) is 4.98 Å². The van der Waals surface area contributed by atoms with E-state index < -0.39 is 5.97 Å². The van der Waals surface area contributed by atoms with Crippen molar-refractivity contribution in [3.8, 4) is 0 Å². The third kappa shape index (κ3) is 8.91. The van der Waals surface area contributed by atoms with Crippen LogP contribution in [0.4, 0.5) is 0 Å². The van der Waals surface area contributed by atoms with Crippen LogP contribution in [0.5, 0.6) is 0 Å². The van der Waals surface area contributed by atoms with Gasteiger partial charge in [0.2, 0.25) is 0 Å². The van der Waals surface area contributed by atoms with Crippen molar-refractivity contribution in [1.82, 2.24) is 4.98 Å². The van der Waals surface area contributed by atoms with Crippen molar-refractivity contribution < 1.29 is 9.90 Å². The number of nitrogens with zero attached hydrogens (tertiary/aromatic N) is 1. The summed E-state index contributed by atoms with van der Waals surface area (Å²) in [5.74, 6) is -0.833. The number of pyridine rings is 1. The predicted octanol–water partition coefficient (Wildman–Crippen LogP) is 1.83. The zero-order valence-corrected chi connectivity index (χ0v) is 6.75. The monoisotopic (exact) mass is 173 g/mol. The van der Waals surface area contributed by atoms with Crippen LogP contribution in [0.25, 0.3) is 0 Å². The topological polar surface area (TPSA) is 50.2 Å². The highest BCUT2D eigenvalue weighted by atomic mass is 35.5. The van der Waals surface area contributed by atoms with Crippen molar-refractivity contribution >= 4 is 17.6 Å². The minimum Gasteiger partial charge on any atom is -0.481 e. The minimum absolute atomic E-state index is 0.544. The van der Waals surface area contributed by atoms with Gasteiger partial charge in [-0.3, -0.25) is 4.79 Å². The Balaban J connectivity index is 0.000000218. The quantitative estimate of drug-likeness (QED) is 0.609. The summed E-state index contributed by atoms with van der Waals surface area (Å²) in [6, 6.07) is 5.41. The molecule has 0 aromatic carbocycles. The van der Waals surface area contributed by atoms with Crippen molar-refractivity contribution in [2.45, 2.75) is 6.92 Å². The fourth-order valence-electron chi connectivity index (χ4n) is 0.342. The summed E-state index contributed by atoms with van der Waals surface area (Å²) < 4.78 is 0. The maximum Gasteiger partial charge on any atom is 0.300 e. The van der Waals surface area contributed by atoms with Crippen molar-refractivity contribution in [1.29, 1.82) is 0 Å². The van der Waals surface area contributed by atoms with Crippen molar-refractivity contribution in [3.63, 3.8) is 0 Å². The van der Waals surface area contributed by atoms with Crippen LogP contribution >= 0.6 is 11.6 Å².